The summed E-state index contributed by atoms with van der Waals surface area (Å²) in [5, 5.41) is 12.5. The zero-order valence-electron chi connectivity index (χ0n) is 10.4. The second-order valence-electron chi connectivity index (χ2n) is 4.40. The van der Waals surface area contributed by atoms with E-state index in [1.165, 1.54) is 0 Å². The van der Waals surface area contributed by atoms with E-state index in [4.69, 9.17) is 5.73 Å². The van der Waals surface area contributed by atoms with Gasteiger partial charge in [0.1, 0.15) is 5.75 Å². The van der Waals surface area contributed by atoms with E-state index in [0.717, 1.165) is 12.0 Å². The van der Waals surface area contributed by atoms with Crippen molar-refractivity contribution < 1.29 is 9.90 Å². The molecule has 94 valence electrons. The van der Waals surface area contributed by atoms with Gasteiger partial charge in [0.25, 0.3) is 0 Å². The van der Waals surface area contributed by atoms with Crippen molar-refractivity contribution in [2.45, 2.75) is 26.7 Å². The van der Waals surface area contributed by atoms with E-state index in [-0.39, 0.29) is 17.6 Å². The van der Waals surface area contributed by atoms with Crippen molar-refractivity contribution in [3.63, 3.8) is 0 Å². The third-order valence-corrected chi connectivity index (χ3v) is 2.60. The molecular weight excluding hydrogens is 216 g/mol. The molecule has 0 fully saturated rings. The Labute approximate surface area is 102 Å². The summed E-state index contributed by atoms with van der Waals surface area (Å²) in [5.41, 5.74) is 6.81. The highest BCUT2D eigenvalue weighted by atomic mass is 16.3. The maximum absolute atomic E-state index is 11.3. The first-order valence-electron chi connectivity index (χ1n) is 5.86. The molecule has 0 aliphatic carbocycles. The smallest absolute Gasteiger partial charge is 0.222 e. The number of hydrogen-bond acceptors (Lipinski definition) is 3. The summed E-state index contributed by atoms with van der Waals surface area (Å²) >= 11 is 0. The summed E-state index contributed by atoms with van der Waals surface area (Å²) in [6.45, 7) is 4.34. The van der Waals surface area contributed by atoms with Crippen LogP contribution in [0.15, 0.2) is 18.2 Å². The van der Waals surface area contributed by atoms with Gasteiger partial charge in [-0.1, -0.05) is 26.0 Å². The molecule has 1 aromatic carbocycles. The highest BCUT2D eigenvalue weighted by Crippen LogP contribution is 2.25. The number of rotatable bonds is 5. The Morgan fingerprint density at radius 1 is 1.47 bits per heavy atom. The molecule has 0 saturated carbocycles. The maximum atomic E-state index is 11.3. The van der Waals surface area contributed by atoms with Gasteiger partial charge in [-0.3, -0.25) is 4.79 Å². The van der Waals surface area contributed by atoms with Gasteiger partial charge in [-0.05, 0) is 24.5 Å². The molecule has 1 aromatic rings. The van der Waals surface area contributed by atoms with Gasteiger partial charge in [0.05, 0.1) is 5.69 Å². The van der Waals surface area contributed by atoms with Crippen LogP contribution in [0.1, 0.15) is 25.8 Å². The lowest BCUT2D eigenvalue weighted by molar-refractivity contribution is -0.123. The van der Waals surface area contributed by atoms with Crippen LogP contribution in [0.5, 0.6) is 5.75 Å². The fraction of sp³-hybridized carbons (Fsp3) is 0.462. The number of hydrogen-bond donors (Lipinski definition) is 3. The second kappa shape index (κ2) is 6.13. The minimum Gasteiger partial charge on any atom is -0.506 e. The predicted molar refractivity (Wildman–Crippen MR) is 68.7 cm³/mol. The number of amides is 1. The summed E-state index contributed by atoms with van der Waals surface area (Å²) in [6.07, 6.45) is 1.49. The number of anilines is 1. The van der Waals surface area contributed by atoms with Gasteiger partial charge >= 0.3 is 0 Å². The zero-order valence-corrected chi connectivity index (χ0v) is 10.4. The molecule has 0 bridgehead atoms. The minimum absolute atomic E-state index is 0.00997. The number of benzene rings is 1. The summed E-state index contributed by atoms with van der Waals surface area (Å²) in [6, 6.07) is 5.33. The number of phenols is 1. The van der Waals surface area contributed by atoms with Crippen LogP contribution in [0.4, 0.5) is 5.69 Å². The quantitative estimate of drug-likeness (QED) is 0.413. The topological polar surface area (TPSA) is 75.4 Å². The number of aryl methyl sites for hydroxylation is 1. The van der Waals surface area contributed by atoms with Crippen molar-refractivity contribution in [3.05, 3.63) is 23.8 Å². The molecule has 17 heavy (non-hydrogen) atoms. The summed E-state index contributed by atoms with van der Waals surface area (Å²) in [4.78, 5) is 11.3. The first-order chi connectivity index (χ1) is 8.02. The fourth-order valence-corrected chi connectivity index (χ4v) is 1.51. The largest absolute Gasteiger partial charge is 0.506 e. The third-order valence-electron chi connectivity index (χ3n) is 2.60. The number of phenolic OH excluding ortho intramolecular Hbond substituents is 1. The van der Waals surface area contributed by atoms with E-state index in [1.54, 1.807) is 6.07 Å². The van der Waals surface area contributed by atoms with Crippen LogP contribution in [0.25, 0.3) is 0 Å². The van der Waals surface area contributed by atoms with Gasteiger partial charge in [-0.15, -0.1) is 0 Å². The first kappa shape index (κ1) is 13.4. The molecule has 0 atom stereocenters. The standard InChI is InChI=1S/C13H20N2O2/c1-9(2)13(17)15-8-4-6-10-5-3-7-11(14)12(10)16/h3,5,7,9,16H,4,6,8,14H2,1-2H3,(H,15,17). The lowest BCUT2D eigenvalue weighted by Crippen LogP contribution is -2.28. The molecule has 1 amide bonds. The van der Waals surface area contributed by atoms with Crippen LogP contribution in [0.2, 0.25) is 0 Å². The monoisotopic (exact) mass is 236 g/mol. The van der Waals surface area contributed by atoms with Crippen LogP contribution in [0, 0.1) is 5.92 Å². The summed E-state index contributed by atoms with van der Waals surface area (Å²) < 4.78 is 0. The molecule has 4 heteroatoms. The Bertz CT molecular complexity index is 389. The van der Waals surface area contributed by atoms with Gasteiger partial charge in [0, 0.05) is 12.5 Å². The number of nitrogens with two attached hydrogens (primary N) is 1. The zero-order chi connectivity index (χ0) is 12.8. The normalized spacial score (nSPS) is 10.5. The molecule has 0 aliphatic heterocycles. The molecule has 0 aliphatic rings. The minimum atomic E-state index is 0.00997. The lowest BCUT2D eigenvalue weighted by Gasteiger charge is -2.09. The van der Waals surface area contributed by atoms with Gasteiger partial charge in [0.2, 0.25) is 5.91 Å². The molecule has 0 radical (unpaired) electrons. The van der Waals surface area contributed by atoms with E-state index in [1.807, 2.05) is 26.0 Å². The van der Waals surface area contributed by atoms with Crippen molar-refractivity contribution in [1.82, 2.24) is 5.32 Å². The van der Waals surface area contributed by atoms with Crippen molar-refractivity contribution in [1.29, 1.82) is 0 Å². The third kappa shape index (κ3) is 3.98. The van der Waals surface area contributed by atoms with Crippen molar-refractivity contribution >= 4 is 11.6 Å². The first-order valence-corrected chi connectivity index (χ1v) is 5.86. The molecule has 4 N–H and O–H groups in total. The van der Waals surface area contributed by atoms with Gasteiger partial charge in [-0.25, -0.2) is 0 Å². The molecule has 1 rings (SSSR count). The Balaban J connectivity index is 2.36. The highest BCUT2D eigenvalue weighted by molar-refractivity contribution is 5.77. The van der Waals surface area contributed by atoms with Crippen molar-refractivity contribution in [3.8, 4) is 5.75 Å². The molecule has 0 heterocycles. The summed E-state index contributed by atoms with van der Waals surface area (Å²) in [7, 11) is 0. The number of carbonyl (C=O) groups is 1. The second-order valence-corrected chi connectivity index (χ2v) is 4.40. The molecule has 0 saturated heterocycles. The fourth-order valence-electron chi connectivity index (χ4n) is 1.51. The van der Waals surface area contributed by atoms with Crippen LogP contribution in [-0.4, -0.2) is 17.6 Å². The maximum Gasteiger partial charge on any atom is 0.222 e. The van der Waals surface area contributed by atoms with Gasteiger partial charge in [-0.2, -0.15) is 0 Å². The van der Waals surface area contributed by atoms with Gasteiger partial charge < -0.3 is 16.2 Å². The van der Waals surface area contributed by atoms with E-state index < -0.39 is 0 Å². The Morgan fingerprint density at radius 3 is 2.82 bits per heavy atom. The number of nitrogens with one attached hydrogen (secondary N) is 1. The molecule has 4 nitrogen and oxygen atoms in total. The summed E-state index contributed by atoms with van der Waals surface area (Å²) in [5.74, 6) is 0.222. The number of nitrogen functional groups attached to an aromatic ring is 1. The Kier molecular flexibility index (Phi) is 4.82. The van der Waals surface area contributed by atoms with Crippen LogP contribution < -0.4 is 11.1 Å². The van der Waals surface area contributed by atoms with E-state index in [9.17, 15) is 9.90 Å². The average Bonchev–Trinajstić information content (AvgIpc) is 2.29. The van der Waals surface area contributed by atoms with Gasteiger partial charge in [0.15, 0.2) is 0 Å². The molecule has 0 unspecified atom stereocenters. The van der Waals surface area contributed by atoms with Crippen LogP contribution in [-0.2, 0) is 11.2 Å². The van der Waals surface area contributed by atoms with E-state index in [0.29, 0.717) is 18.7 Å². The van der Waals surface area contributed by atoms with E-state index >= 15 is 0 Å². The molecule has 0 aromatic heterocycles. The lowest BCUT2D eigenvalue weighted by atomic mass is 10.1. The Hall–Kier alpha value is -1.71. The highest BCUT2D eigenvalue weighted by Gasteiger charge is 2.06. The predicted octanol–water partition coefficient (Wildman–Crippen LogP) is 1.68. The number of carbonyl (C=O) groups excluding carboxylic acids is 1. The van der Waals surface area contributed by atoms with Crippen LogP contribution >= 0.6 is 0 Å². The Morgan fingerprint density at radius 2 is 2.18 bits per heavy atom. The SMILES string of the molecule is CC(C)C(=O)NCCCc1cccc(N)c1O. The molecular formula is C13H20N2O2. The molecule has 0 spiro atoms. The van der Waals surface area contributed by atoms with E-state index in [2.05, 4.69) is 5.32 Å². The number of aromatic hydroxyl groups is 1. The van der Waals surface area contributed by atoms with Crippen LogP contribution in [0.3, 0.4) is 0 Å². The van der Waals surface area contributed by atoms with Crippen molar-refractivity contribution in [2.75, 3.05) is 12.3 Å². The van der Waals surface area contributed by atoms with Crippen molar-refractivity contribution in [2.24, 2.45) is 5.92 Å². The average molecular weight is 236 g/mol. The number of para-hydroxylation sites is 1.